The van der Waals surface area contributed by atoms with Crippen LogP contribution in [-0.4, -0.2) is 17.6 Å². The van der Waals surface area contributed by atoms with Gasteiger partial charge in [-0.05, 0) is 51.3 Å². The van der Waals surface area contributed by atoms with E-state index in [0.29, 0.717) is 6.04 Å². The second kappa shape index (κ2) is 5.61. The van der Waals surface area contributed by atoms with Crippen LogP contribution in [-0.2, 0) is 6.54 Å². The van der Waals surface area contributed by atoms with Crippen LogP contribution < -0.4 is 16.0 Å². The van der Waals surface area contributed by atoms with Crippen LogP contribution >= 0.6 is 0 Å². The topological polar surface area (TPSA) is 53.2 Å². The number of rotatable bonds is 4. The second-order valence-corrected chi connectivity index (χ2v) is 6.18. The molecular weight excluding hydrogens is 238 g/mol. The van der Waals surface area contributed by atoms with Gasteiger partial charge in [-0.1, -0.05) is 12.1 Å². The van der Waals surface area contributed by atoms with Gasteiger partial charge < -0.3 is 16.0 Å². The van der Waals surface area contributed by atoms with Gasteiger partial charge >= 0.3 is 6.03 Å². The van der Waals surface area contributed by atoms with Crippen LogP contribution in [0.4, 0.5) is 10.5 Å². The molecule has 4 heteroatoms. The van der Waals surface area contributed by atoms with Crippen LogP contribution in [0.5, 0.6) is 0 Å². The van der Waals surface area contributed by atoms with E-state index in [2.05, 4.69) is 22.0 Å². The number of anilines is 1. The van der Waals surface area contributed by atoms with E-state index < -0.39 is 0 Å². The minimum absolute atomic E-state index is 0.167. The Morgan fingerprint density at radius 1 is 1.32 bits per heavy atom. The van der Waals surface area contributed by atoms with E-state index in [4.69, 9.17) is 0 Å². The van der Waals surface area contributed by atoms with E-state index in [0.717, 1.165) is 12.2 Å². The maximum absolute atomic E-state index is 11.8. The normalized spacial score (nSPS) is 15.1. The first-order valence-electron chi connectivity index (χ1n) is 6.84. The van der Waals surface area contributed by atoms with Crippen molar-refractivity contribution in [3.8, 4) is 0 Å². The van der Waals surface area contributed by atoms with Gasteiger partial charge in [0.2, 0.25) is 0 Å². The van der Waals surface area contributed by atoms with Gasteiger partial charge in [-0.2, -0.15) is 0 Å². The second-order valence-electron chi connectivity index (χ2n) is 6.18. The van der Waals surface area contributed by atoms with Crippen molar-refractivity contribution >= 4 is 11.7 Å². The zero-order valence-corrected chi connectivity index (χ0v) is 11.9. The first-order valence-corrected chi connectivity index (χ1v) is 6.84. The van der Waals surface area contributed by atoms with E-state index in [-0.39, 0.29) is 11.6 Å². The number of hydrogen-bond donors (Lipinski definition) is 3. The molecule has 104 valence electrons. The average Bonchev–Trinajstić information content (AvgIpc) is 3.07. The maximum atomic E-state index is 11.8. The first-order chi connectivity index (χ1) is 8.92. The number of hydrogen-bond acceptors (Lipinski definition) is 2. The molecule has 1 saturated carbocycles. The molecule has 2 rings (SSSR count). The zero-order valence-electron chi connectivity index (χ0n) is 11.9. The Balaban J connectivity index is 1.88. The van der Waals surface area contributed by atoms with Crippen molar-refractivity contribution in [2.24, 2.45) is 0 Å². The van der Waals surface area contributed by atoms with Gasteiger partial charge in [-0.15, -0.1) is 0 Å². The Morgan fingerprint density at radius 2 is 2.05 bits per heavy atom. The molecule has 0 radical (unpaired) electrons. The van der Waals surface area contributed by atoms with Crippen LogP contribution in [0.25, 0.3) is 0 Å². The molecule has 1 aliphatic carbocycles. The molecule has 19 heavy (non-hydrogen) atoms. The lowest BCUT2D eigenvalue weighted by Gasteiger charge is -2.20. The summed E-state index contributed by atoms with van der Waals surface area (Å²) in [6, 6.07) is 8.49. The smallest absolute Gasteiger partial charge is 0.319 e. The predicted molar refractivity (Wildman–Crippen MR) is 78.2 cm³/mol. The monoisotopic (exact) mass is 261 g/mol. The summed E-state index contributed by atoms with van der Waals surface area (Å²) in [4.78, 5) is 11.8. The van der Waals surface area contributed by atoms with Crippen molar-refractivity contribution in [3.63, 3.8) is 0 Å². The SMILES string of the molecule is CC(C)(C)NC(=O)Nc1cccc(CNC2CC2)c1. The number of carbonyl (C=O) groups excluding carboxylic acids is 1. The molecule has 2 amide bonds. The third kappa shape index (κ3) is 5.30. The van der Waals surface area contributed by atoms with E-state index >= 15 is 0 Å². The van der Waals surface area contributed by atoms with Crippen LogP contribution in [0.15, 0.2) is 24.3 Å². The van der Waals surface area contributed by atoms with Crippen molar-refractivity contribution in [2.45, 2.75) is 51.7 Å². The van der Waals surface area contributed by atoms with Crippen LogP contribution in [0.3, 0.4) is 0 Å². The van der Waals surface area contributed by atoms with Crippen molar-refractivity contribution in [3.05, 3.63) is 29.8 Å². The molecule has 0 unspecified atom stereocenters. The third-order valence-electron chi connectivity index (χ3n) is 2.85. The molecular formula is C15H23N3O. The lowest BCUT2D eigenvalue weighted by Crippen LogP contribution is -2.43. The van der Waals surface area contributed by atoms with Crippen LogP contribution in [0, 0.1) is 0 Å². The fourth-order valence-electron chi connectivity index (χ4n) is 1.81. The number of nitrogens with one attached hydrogen (secondary N) is 3. The Morgan fingerprint density at radius 3 is 2.68 bits per heavy atom. The van der Waals surface area contributed by atoms with Crippen LogP contribution in [0.2, 0.25) is 0 Å². The number of benzene rings is 1. The van der Waals surface area contributed by atoms with Crippen molar-refractivity contribution in [2.75, 3.05) is 5.32 Å². The molecule has 3 N–H and O–H groups in total. The third-order valence-corrected chi connectivity index (χ3v) is 2.85. The molecule has 1 aliphatic rings. The fourth-order valence-corrected chi connectivity index (χ4v) is 1.81. The largest absolute Gasteiger partial charge is 0.333 e. The summed E-state index contributed by atoms with van der Waals surface area (Å²) in [5.41, 5.74) is 1.80. The molecule has 1 aromatic carbocycles. The quantitative estimate of drug-likeness (QED) is 0.780. The predicted octanol–water partition coefficient (Wildman–Crippen LogP) is 2.86. The highest BCUT2D eigenvalue weighted by Gasteiger charge is 2.20. The van der Waals surface area contributed by atoms with Crippen molar-refractivity contribution in [1.82, 2.24) is 10.6 Å². The summed E-state index contributed by atoms with van der Waals surface area (Å²) in [6.45, 7) is 6.74. The summed E-state index contributed by atoms with van der Waals surface area (Å²) >= 11 is 0. The average molecular weight is 261 g/mol. The summed E-state index contributed by atoms with van der Waals surface area (Å²) < 4.78 is 0. The van der Waals surface area contributed by atoms with Gasteiger partial charge in [-0.25, -0.2) is 4.79 Å². The number of amides is 2. The molecule has 0 atom stereocenters. The van der Waals surface area contributed by atoms with E-state index in [1.807, 2.05) is 39.0 Å². The molecule has 0 aromatic heterocycles. The van der Waals surface area contributed by atoms with Gasteiger partial charge in [0.1, 0.15) is 0 Å². The summed E-state index contributed by atoms with van der Waals surface area (Å²) in [5, 5.41) is 9.21. The highest BCUT2D eigenvalue weighted by molar-refractivity contribution is 5.89. The van der Waals surface area contributed by atoms with Gasteiger partial charge in [0.15, 0.2) is 0 Å². The molecule has 0 heterocycles. The molecule has 0 spiro atoms. The van der Waals surface area contributed by atoms with E-state index in [9.17, 15) is 4.79 Å². The molecule has 4 nitrogen and oxygen atoms in total. The Labute approximate surface area is 115 Å². The van der Waals surface area contributed by atoms with Crippen molar-refractivity contribution < 1.29 is 4.79 Å². The van der Waals surface area contributed by atoms with Crippen LogP contribution in [0.1, 0.15) is 39.2 Å². The molecule has 1 aromatic rings. The standard InChI is InChI=1S/C15H23N3O/c1-15(2,3)18-14(19)17-13-6-4-5-11(9-13)10-16-12-7-8-12/h4-6,9,12,16H,7-8,10H2,1-3H3,(H2,17,18,19). The van der Waals surface area contributed by atoms with Gasteiger partial charge in [0, 0.05) is 23.8 Å². The summed E-state index contributed by atoms with van der Waals surface area (Å²) in [5.74, 6) is 0. The van der Waals surface area contributed by atoms with Gasteiger partial charge in [-0.3, -0.25) is 0 Å². The summed E-state index contributed by atoms with van der Waals surface area (Å²) in [7, 11) is 0. The minimum atomic E-state index is -0.227. The molecule has 0 aliphatic heterocycles. The molecule has 0 bridgehead atoms. The lowest BCUT2D eigenvalue weighted by molar-refractivity contribution is 0.244. The van der Waals surface area contributed by atoms with E-state index in [1.54, 1.807) is 0 Å². The number of urea groups is 1. The molecule has 0 saturated heterocycles. The highest BCUT2D eigenvalue weighted by Crippen LogP contribution is 2.20. The van der Waals surface area contributed by atoms with Gasteiger partial charge in [0.05, 0.1) is 0 Å². The molecule has 1 fully saturated rings. The lowest BCUT2D eigenvalue weighted by atomic mass is 10.1. The van der Waals surface area contributed by atoms with E-state index in [1.165, 1.54) is 18.4 Å². The fraction of sp³-hybridized carbons (Fsp3) is 0.533. The van der Waals surface area contributed by atoms with Crippen molar-refractivity contribution in [1.29, 1.82) is 0 Å². The Bertz CT molecular complexity index is 447. The Hall–Kier alpha value is -1.55. The first kappa shape index (κ1) is 13.9. The number of carbonyl (C=O) groups is 1. The maximum Gasteiger partial charge on any atom is 0.319 e. The summed E-state index contributed by atoms with van der Waals surface area (Å²) in [6.07, 6.45) is 2.57. The minimum Gasteiger partial charge on any atom is -0.333 e. The zero-order chi connectivity index (χ0) is 13.9. The highest BCUT2D eigenvalue weighted by atomic mass is 16.2. The Kier molecular flexibility index (Phi) is 4.10. The van der Waals surface area contributed by atoms with Gasteiger partial charge in [0.25, 0.3) is 0 Å².